The number of Topliss-reactive ketones (excluding diaryl/α,β-unsaturated/α-hetero) is 1. The first-order chi connectivity index (χ1) is 6.07. The molecule has 1 saturated carbocycles. The van der Waals surface area contributed by atoms with Gasteiger partial charge in [0.2, 0.25) is 11.3 Å². The summed E-state index contributed by atoms with van der Waals surface area (Å²) < 4.78 is 21.8. The topological polar surface area (TPSA) is 66.4 Å². The molecule has 0 heterocycles. The molecule has 1 atom stereocenters. The van der Waals surface area contributed by atoms with Crippen molar-refractivity contribution in [2.45, 2.75) is 44.6 Å². The minimum Gasteiger partial charge on any atom is -0.298 e. The lowest BCUT2D eigenvalue weighted by Crippen LogP contribution is -2.52. The van der Waals surface area contributed by atoms with Crippen LogP contribution in [0.2, 0.25) is 0 Å². The summed E-state index contributed by atoms with van der Waals surface area (Å²) in [5.74, 6) is -0.0328. The van der Waals surface area contributed by atoms with Gasteiger partial charge in [0.1, 0.15) is 0 Å². The highest BCUT2D eigenvalue weighted by Crippen LogP contribution is 2.29. The van der Waals surface area contributed by atoms with Gasteiger partial charge in [-0.05, 0) is 19.8 Å². The first-order valence-corrected chi connectivity index (χ1v) is 5.57. The smallest absolute Gasteiger partial charge is 0.232 e. The number of hydrogen-bond donors (Lipinski definition) is 2. The molecule has 0 amide bonds. The Kier molecular flexibility index (Phi) is 3.58. The average Bonchev–Trinajstić information content (AvgIpc) is 2.04. The average molecular weight is 205 g/mol. The second-order valence-corrected chi connectivity index (χ2v) is 4.25. The van der Waals surface area contributed by atoms with Crippen LogP contribution in [0.3, 0.4) is 0 Å². The molecule has 76 valence electrons. The number of carbonyl (C=O) groups is 1. The van der Waals surface area contributed by atoms with Gasteiger partial charge in [0.05, 0.1) is 5.54 Å². The molecule has 0 aromatic rings. The Bertz CT molecular complexity index is 223. The Morgan fingerprint density at radius 1 is 1.38 bits per heavy atom. The van der Waals surface area contributed by atoms with Crippen molar-refractivity contribution in [3.63, 3.8) is 0 Å². The molecule has 0 radical (unpaired) electrons. The maximum atomic E-state index is 11.3. The molecule has 1 rings (SSSR count). The predicted octanol–water partition coefficient (Wildman–Crippen LogP) is 1.00. The molecule has 0 aromatic heterocycles. The summed E-state index contributed by atoms with van der Waals surface area (Å²) in [7, 11) is 0. The van der Waals surface area contributed by atoms with E-state index >= 15 is 0 Å². The first kappa shape index (κ1) is 10.8. The SMILES string of the molecule is CC(=O)C1(NS(=O)O)CCCCC1. The quantitative estimate of drug-likeness (QED) is 0.676. The molecule has 1 aliphatic carbocycles. The molecule has 0 aromatic carbocycles. The van der Waals surface area contributed by atoms with Gasteiger partial charge in [0.25, 0.3) is 0 Å². The van der Waals surface area contributed by atoms with Crippen LogP contribution in [0.5, 0.6) is 0 Å². The first-order valence-electron chi connectivity index (χ1n) is 4.46. The standard InChI is InChI=1S/C8H15NO3S/c1-7(10)8(9-13(11)12)5-3-2-4-6-8/h9H,2-6H2,1H3,(H,11,12). The highest BCUT2D eigenvalue weighted by atomic mass is 32.2. The minimum absolute atomic E-state index is 0.0328. The van der Waals surface area contributed by atoms with Crippen LogP contribution in [-0.2, 0) is 16.1 Å². The minimum atomic E-state index is -2.09. The van der Waals surface area contributed by atoms with Crippen LogP contribution in [0, 0.1) is 0 Å². The fourth-order valence-electron chi connectivity index (χ4n) is 1.85. The lowest BCUT2D eigenvalue weighted by molar-refractivity contribution is -0.123. The fraction of sp³-hybridized carbons (Fsp3) is 0.875. The van der Waals surface area contributed by atoms with Gasteiger partial charge in [-0.3, -0.25) is 9.35 Å². The third kappa shape index (κ3) is 2.59. The summed E-state index contributed by atoms with van der Waals surface area (Å²) in [6.45, 7) is 1.48. The van der Waals surface area contributed by atoms with Crippen LogP contribution in [0.25, 0.3) is 0 Å². The summed E-state index contributed by atoms with van der Waals surface area (Å²) >= 11 is -2.09. The number of ketones is 1. The Morgan fingerprint density at radius 3 is 2.31 bits per heavy atom. The van der Waals surface area contributed by atoms with E-state index in [0.717, 1.165) is 19.3 Å². The van der Waals surface area contributed by atoms with Gasteiger partial charge in [-0.25, -0.2) is 8.93 Å². The van der Waals surface area contributed by atoms with E-state index in [1.54, 1.807) is 0 Å². The van der Waals surface area contributed by atoms with Crippen molar-refractivity contribution >= 4 is 17.0 Å². The van der Waals surface area contributed by atoms with Gasteiger partial charge in [0, 0.05) is 0 Å². The highest BCUT2D eigenvalue weighted by molar-refractivity contribution is 7.77. The monoisotopic (exact) mass is 205 g/mol. The van der Waals surface area contributed by atoms with E-state index in [0.29, 0.717) is 12.8 Å². The van der Waals surface area contributed by atoms with Crippen LogP contribution in [0.1, 0.15) is 39.0 Å². The van der Waals surface area contributed by atoms with E-state index in [2.05, 4.69) is 4.72 Å². The molecule has 0 spiro atoms. The van der Waals surface area contributed by atoms with Gasteiger partial charge in [0.15, 0.2) is 5.78 Å². The molecule has 0 saturated heterocycles. The van der Waals surface area contributed by atoms with Crippen molar-refractivity contribution in [1.82, 2.24) is 4.72 Å². The zero-order valence-corrected chi connectivity index (χ0v) is 8.52. The summed E-state index contributed by atoms with van der Waals surface area (Å²) in [4.78, 5) is 11.3. The predicted molar refractivity (Wildman–Crippen MR) is 50.4 cm³/mol. The summed E-state index contributed by atoms with van der Waals surface area (Å²) in [6.07, 6.45) is 4.35. The van der Waals surface area contributed by atoms with Crippen molar-refractivity contribution in [1.29, 1.82) is 0 Å². The van der Waals surface area contributed by atoms with E-state index in [1.165, 1.54) is 6.92 Å². The fourth-order valence-corrected chi connectivity index (χ4v) is 2.53. The number of nitrogens with one attached hydrogen (secondary N) is 1. The Morgan fingerprint density at radius 2 is 1.92 bits per heavy atom. The Balaban J connectivity index is 2.73. The van der Waals surface area contributed by atoms with Crippen molar-refractivity contribution < 1.29 is 13.6 Å². The third-order valence-corrected chi connectivity index (χ3v) is 3.23. The van der Waals surface area contributed by atoms with E-state index < -0.39 is 16.8 Å². The molecule has 1 unspecified atom stereocenters. The van der Waals surface area contributed by atoms with Crippen LogP contribution in [-0.4, -0.2) is 20.1 Å². The van der Waals surface area contributed by atoms with E-state index in [9.17, 15) is 9.00 Å². The van der Waals surface area contributed by atoms with Crippen LogP contribution >= 0.6 is 0 Å². The van der Waals surface area contributed by atoms with Crippen molar-refractivity contribution in [3.05, 3.63) is 0 Å². The normalized spacial score (nSPS) is 23.8. The highest BCUT2D eigenvalue weighted by Gasteiger charge is 2.37. The number of hydrogen-bond acceptors (Lipinski definition) is 2. The van der Waals surface area contributed by atoms with E-state index in [4.69, 9.17) is 4.55 Å². The van der Waals surface area contributed by atoms with Crippen LogP contribution in [0.15, 0.2) is 0 Å². The maximum Gasteiger partial charge on any atom is 0.232 e. The van der Waals surface area contributed by atoms with Crippen molar-refractivity contribution in [2.24, 2.45) is 0 Å². The Hall–Kier alpha value is -0.260. The van der Waals surface area contributed by atoms with Gasteiger partial charge in [-0.2, -0.15) is 0 Å². The second kappa shape index (κ2) is 4.30. The van der Waals surface area contributed by atoms with Gasteiger partial charge < -0.3 is 0 Å². The lowest BCUT2D eigenvalue weighted by Gasteiger charge is -2.34. The Labute approximate surface area is 80.5 Å². The summed E-state index contributed by atoms with van der Waals surface area (Å²) in [5.41, 5.74) is -0.738. The third-order valence-electron chi connectivity index (χ3n) is 2.66. The molecular weight excluding hydrogens is 190 g/mol. The zero-order valence-electron chi connectivity index (χ0n) is 7.71. The number of rotatable bonds is 3. The zero-order chi connectivity index (χ0) is 9.90. The van der Waals surface area contributed by atoms with E-state index in [1.807, 2.05) is 0 Å². The van der Waals surface area contributed by atoms with Crippen LogP contribution in [0.4, 0.5) is 0 Å². The lowest BCUT2D eigenvalue weighted by atomic mass is 9.80. The van der Waals surface area contributed by atoms with Crippen molar-refractivity contribution in [3.8, 4) is 0 Å². The molecule has 5 heteroatoms. The van der Waals surface area contributed by atoms with Crippen molar-refractivity contribution in [2.75, 3.05) is 0 Å². The summed E-state index contributed by atoms with van der Waals surface area (Å²) in [6, 6.07) is 0. The van der Waals surface area contributed by atoms with Gasteiger partial charge >= 0.3 is 0 Å². The van der Waals surface area contributed by atoms with Gasteiger partial charge in [-0.1, -0.05) is 19.3 Å². The van der Waals surface area contributed by atoms with Crippen LogP contribution < -0.4 is 4.72 Å². The summed E-state index contributed by atoms with van der Waals surface area (Å²) in [5, 5.41) is 0. The molecule has 1 fully saturated rings. The molecular formula is C8H15NO3S. The second-order valence-electron chi connectivity index (χ2n) is 3.55. The molecule has 13 heavy (non-hydrogen) atoms. The largest absolute Gasteiger partial charge is 0.298 e. The molecule has 1 aliphatic rings. The molecule has 2 N–H and O–H groups in total. The molecule has 0 bridgehead atoms. The maximum absolute atomic E-state index is 11.3. The van der Waals surface area contributed by atoms with Gasteiger partial charge in [-0.15, -0.1) is 0 Å². The molecule has 4 nitrogen and oxygen atoms in total. The molecule has 0 aliphatic heterocycles. The van der Waals surface area contributed by atoms with E-state index in [-0.39, 0.29) is 5.78 Å². The number of carbonyl (C=O) groups excluding carboxylic acids is 1.